The number of allylic oxidation sites excluding steroid dienone is 6. The highest BCUT2D eigenvalue weighted by atomic mass is 32.2. The Morgan fingerprint density at radius 3 is 2.27 bits per heavy atom. The molecule has 4 saturated heterocycles. The van der Waals surface area contributed by atoms with Gasteiger partial charge in [-0.05, 0) is 132 Å². The number of Topliss-reactive ketones (excluding diaryl/α,β-unsaturated/α-hetero) is 2. The van der Waals surface area contributed by atoms with Crippen molar-refractivity contribution in [3.63, 3.8) is 0 Å². The number of ketones is 2. The molecule has 0 spiro atoms. The number of carbonyl (C=O) groups excluding carboxylic acids is 4. The first-order valence-electron chi connectivity index (χ1n) is 26.4. The van der Waals surface area contributed by atoms with E-state index < -0.39 is 81.8 Å². The van der Waals surface area contributed by atoms with Gasteiger partial charge < -0.3 is 43.9 Å². The van der Waals surface area contributed by atoms with Crippen LogP contribution in [-0.4, -0.2) is 157 Å². The molecule has 1 amide bonds. The molecule has 0 aromatic carbocycles. The van der Waals surface area contributed by atoms with Crippen molar-refractivity contribution < 1.29 is 66.6 Å². The zero-order valence-corrected chi connectivity index (χ0v) is 44.3. The Labute approximate surface area is 422 Å². The summed E-state index contributed by atoms with van der Waals surface area (Å²) >= 11 is 0. The number of amides is 1. The summed E-state index contributed by atoms with van der Waals surface area (Å²) in [4.78, 5) is 58.6. The molecule has 3 N–H and O–H groups in total. The molecule has 1 unspecified atom stereocenters. The van der Waals surface area contributed by atoms with Crippen LogP contribution in [0.2, 0.25) is 0 Å². The fourth-order valence-electron chi connectivity index (χ4n) is 12.5. The van der Waals surface area contributed by atoms with Crippen molar-refractivity contribution in [3.8, 4) is 0 Å². The van der Waals surface area contributed by atoms with E-state index in [1.165, 1.54) is 16.3 Å². The van der Waals surface area contributed by atoms with E-state index in [2.05, 4.69) is 0 Å². The van der Waals surface area contributed by atoms with Gasteiger partial charge in [-0.3, -0.25) is 14.4 Å². The van der Waals surface area contributed by atoms with Gasteiger partial charge in [-0.1, -0.05) is 69.7 Å². The number of methoxy groups -OCH3 is 2. The molecule has 5 fully saturated rings. The van der Waals surface area contributed by atoms with Crippen molar-refractivity contribution in [1.29, 1.82) is 0 Å². The Morgan fingerprint density at radius 2 is 1.58 bits per heavy atom. The third-order valence-electron chi connectivity index (χ3n) is 16.6. The van der Waals surface area contributed by atoms with E-state index in [0.29, 0.717) is 57.1 Å². The van der Waals surface area contributed by atoms with Crippen molar-refractivity contribution in [1.82, 2.24) is 9.21 Å². The van der Waals surface area contributed by atoms with Gasteiger partial charge in [-0.25, -0.2) is 13.2 Å². The van der Waals surface area contributed by atoms with Gasteiger partial charge in [0.15, 0.2) is 5.78 Å². The Kier molecular flexibility index (Phi) is 20.4. The number of esters is 1. The summed E-state index contributed by atoms with van der Waals surface area (Å²) in [5, 5.41) is 33.2. The highest BCUT2D eigenvalue weighted by molar-refractivity contribution is 7.89. The van der Waals surface area contributed by atoms with Crippen LogP contribution < -0.4 is 0 Å². The largest absolute Gasteiger partial charge is 0.461 e. The summed E-state index contributed by atoms with van der Waals surface area (Å²) in [6, 6.07) is -1.71. The molecule has 0 aromatic rings. The Balaban J connectivity index is 1.33. The normalized spacial score (nSPS) is 42.2. The number of piperidine rings is 1. The van der Waals surface area contributed by atoms with E-state index in [-0.39, 0.29) is 85.9 Å². The SMILES string of the molecule is CO[C@@H]1C[C@H](C[C@H]2C3CCN4C(=O)C(=O)[C@]5(O)O[C@@H](CC[C@H]5C)C[C@@H](N5CCCS5(=O)=O)/C(C)=C/C=C/C=C/[C@@H](C)C[C@@H](C)C(=O)[C@H](OC)[C@H](O)/C(C)=C/[C@@H](C)CC[C@@H]2OC(=O)[C@@H]4C3)CC[C@H]1OCCO. The third kappa shape index (κ3) is 13.8. The maximum absolute atomic E-state index is 14.5. The number of aliphatic hydroxyl groups is 3. The monoisotopic (exact) mass is 1020 g/mol. The van der Waals surface area contributed by atoms with Crippen molar-refractivity contribution in [2.24, 2.45) is 41.4 Å². The molecular formula is C54H84N2O14S. The number of rotatable bonds is 8. The number of hydrogen-bond donors (Lipinski definition) is 3. The quantitative estimate of drug-likeness (QED) is 0.153. The van der Waals surface area contributed by atoms with E-state index in [1.807, 2.05) is 64.2 Å². The predicted molar refractivity (Wildman–Crippen MR) is 267 cm³/mol. The minimum absolute atomic E-state index is 0.000711. The first-order chi connectivity index (χ1) is 33.7. The van der Waals surface area contributed by atoms with E-state index in [0.717, 1.165) is 31.3 Å². The lowest BCUT2D eigenvalue weighted by molar-refractivity contribution is -0.264. The summed E-state index contributed by atoms with van der Waals surface area (Å²) in [7, 11) is -0.506. The number of ether oxygens (including phenoxy) is 5. The number of aliphatic hydroxyl groups excluding tert-OH is 2. The molecule has 5 aliphatic heterocycles. The molecule has 400 valence electrons. The zero-order chi connectivity index (χ0) is 51.8. The summed E-state index contributed by atoms with van der Waals surface area (Å²) in [5.74, 6) is -6.65. The average Bonchev–Trinajstić information content (AvgIpc) is 3.66. The predicted octanol–water partition coefficient (Wildman–Crippen LogP) is 5.63. The number of sulfonamides is 1. The van der Waals surface area contributed by atoms with Crippen LogP contribution in [0.3, 0.4) is 0 Å². The van der Waals surface area contributed by atoms with E-state index >= 15 is 0 Å². The van der Waals surface area contributed by atoms with Crippen LogP contribution in [0.5, 0.6) is 0 Å². The van der Waals surface area contributed by atoms with Crippen LogP contribution in [0.4, 0.5) is 0 Å². The first kappa shape index (κ1) is 57.2. The Bertz CT molecular complexity index is 2090. The van der Waals surface area contributed by atoms with Crippen LogP contribution in [0.1, 0.15) is 125 Å². The third-order valence-corrected chi connectivity index (χ3v) is 18.6. The molecule has 16 nitrogen and oxygen atoms in total. The fourth-order valence-corrected chi connectivity index (χ4v) is 14.2. The standard InChI is InChI=1S/C54H84N2O14S/c1-33-13-10-9-11-14-35(3)43(56-22-12-26-71(56,64)65)32-41-18-16-38(6)54(63,70-41)51(60)52(61)55-23-21-40-31-44(55)53(62)69-45(42(40)29-39-17-20-46(68-25-24-57)47(30-39)66-7)19-15-34(2)28-37(5)49(59)50(67-8)48(58)36(4)27-33/h9-11,13-14,28,33-34,36,38-47,49-50,57,59,63H,12,15-27,29-32H2,1-8H3/b11-9+,13-10+,35-14+,37-28+/t33-,34+,36-,38-,39+,40?,41+,42+,43-,44+,45+,46-,47-,49-,50+,54-/m1/s1. The maximum Gasteiger partial charge on any atom is 0.329 e. The maximum atomic E-state index is 14.5. The van der Waals surface area contributed by atoms with Crippen LogP contribution in [0.25, 0.3) is 0 Å². The van der Waals surface area contributed by atoms with Gasteiger partial charge in [0.05, 0.1) is 37.3 Å². The Hall–Kier alpha value is -3.13. The minimum Gasteiger partial charge on any atom is -0.461 e. The van der Waals surface area contributed by atoms with Crippen LogP contribution >= 0.6 is 0 Å². The van der Waals surface area contributed by atoms with Crippen molar-refractivity contribution >= 4 is 33.5 Å². The minimum atomic E-state index is -3.60. The molecule has 5 bridgehead atoms. The zero-order valence-electron chi connectivity index (χ0n) is 43.5. The van der Waals surface area contributed by atoms with Gasteiger partial charge in [0.25, 0.3) is 11.7 Å². The molecule has 1 saturated carbocycles. The van der Waals surface area contributed by atoms with E-state index in [1.54, 1.807) is 21.0 Å². The summed E-state index contributed by atoms with van der Waals surface area (Å²) in [5.41, 5.74) is 1.33. The van der Waals surface area contributed by atoms with E-state index in [4.69, 9.17) is 23.7 Å². The summed E-state index contributed by atoms with van der Waals surface area (Å²) in [6.45, 7) is 11.7. The second kappa shape index (κ2) is 25.4. The molecular weight excluding hydrogens is 933 g/mol. The lowest BCUT2D eigenvalue weighted by Crippen LogP contribution is -2.61. The molecule has 1 aliphatic carbocycles. The topological polar surface area (TPSA) is 216 Å². The molecule has 5 heterocycles. The smallest absolute Gasteiger partial charge is 0.329 e. The molecule has 0 radical (unpaired) electrons. The van der Waals surface area contributed by atoms with Gasteiger partial charge in [-0.15, -0.1) is 0 Å². The second-order valence-electron chi connectivity index (χ2n) is 21.8. The summed E-state index contributed by atoms with van der Waals surface area (Å²) < 4.78 is 58.5. The molecule has 6 aliphatic rings. The number of carbonyl (C=O) groups is 4. The number of hydrogen-bond acceptors (Lipinski definition) is 14. The molecule has 6 rings (SSSR count). The Morgan fingerprint density at radius 1 is 0.817 bits per heavy atom. The van der Waals surface area contributed by atoms with Gasteiger partial charge in [0.1, 0.15) is 24.4 Å². The lowest BCUT2D eigenvalue weighted by atomic mass is 9.71. The molecule has 71 heavy (non-hydrogen) atoms. The average molecular weight is 1020 g/mol. The van der Waals surface area contributed by atoms with Gasteiger partial charge in [-0.2, -0.15) is 4.31 Å². The van der Waals surface area contributed by atoms with E-state index in [9.17, 15) is 42.9 Å². The fraction of sp³-hybridized carbons (Fsp3) is 0.778. The van der Waals surface area contributed by atoms with Crippen molar-refractivity contribution in [3.05, 3.63) is 47.6 Å². The van der Waals surface area contributed by atoms with Gasteiger partial charge in [0, 0.05) is 45.2 Å². The molecule has 17 heteroatoms. The van der Waals surface area contributed by atoms with Crippen molar-refractivity contribution in [2.45, 2.75) is 180 Å². The van der Waals surface area contributed by atoms with Crippen LogP contribution in [-0.2, 0) is 52.9 Å². The number of fused-ring (bicyclic) bond motifs is 5. The van der Waals surface area contributed by atoms with Crippen molar-refractivity contribution in [2.75, 3.05) is 46.3 Å². The van der Waals surface area contributed by atoms with Crippen LogP contribution in [0.15, 0.2) is 47.6 Å². The second-order valence-corrected chi connectivity index (χ2v) is 23.8. The van der Waals surface area contributed by atoms with Crippen LogP contribution in [0, 0.1) is 41.4 Å². The highest BCUT2D eigenvalue weighted by Crippen LogP contribution is 2.45. The lowest BCUT2D eigenvalue weighted by Gasteiger charge is -2.44. The highest BCUT2D eigenvalue weighted by Gasteiger charge is 2.55. The molecule has 0 aromatic heterocycles. The first-order valence-corrected chi connectivity index (χ1v) is 28.0. The molecule has 16 atom stereocenters. The summed E-state index contributed by atoms with van der Waals surface area (Å²) in [6.07, 6.45) is 14.2. The van der Waals surface area contributed by atoms with Gasteiger partial charge in [0.2, 0.25) is 15.8 Å². The van der Waals surface area contributed by atoms with Gasteiger partial charge >= 0.3 is 5.97 Å². The number of nitrogens with zero attached hydrogens (tertiary/aromatic N) is 2.